The van der Waals surface area contributed by atoms with Crippen LogP contribution in [0.1, 0.15) is 17.3 Å². The summed E-state index contributed by atoms with van der Waals surface area (Å²) in [4.78, 5) is 4.21. The Bertz CT molecular complexity index is 520. The van der Waals surface area contributed by atoms with Crippen LogP contribution in [0, 0.1) is 19.7 Å². The molecule has 0 amide bonds. The maximum absolute atomic E-state index is 13.4. The van der Waals surface area contributed by atoms with E-state index in [1.54, 1.807) is 12.1 Å². The van der Waals surface area contributed by atoms with Gasteiger partial charge < -0.3 is 9.73 Å². The number of hydrogen-bond donors (Lipinski definition) is 1. The van der Waals surface area contributed by atoms with Gasteiger partial charge >= 0.3 is 0 Å². The summed E-state index contributed by atoms with van der Waals surface area (Å²) in [5, 5.41) is 2.95. The number of rotatable bonds is 3. The van der Waals surface area contributed by atoms with E-state index in [0.29, 0.717) is 18.1 Å². The first-order valence-corrected chi connectivity index (χ1v) is 5.97. The van der Waals surface area contributed by atoms with Crippen LogP contribution in [0.15, 0.2) is 27.1 Å². The minimum atomic E-state index is -0.298. The molecule has 0 radical (unpaired) electrons. The molecule has 0 fully saturated rings. The highest BCUT2D eigenvalue weighted by molar-refractivity contribution is 9.10. The van der Waals surface area contributed by atoms with E-state index < -0.39 is 0 Å². The van der Waals surface area contributed by atoms with Gasteiger partial charge in [-0.3, -0.25) is 0 Å². The number of hydrogen-bond acceptors (Lipinski definition) is 3. The van der Waals surface area contributed by atoms with Crippen LogP contribution >= 0.6 is 15.9 Å². The van der Waals surface area contributed by atoms with E-state index in [1.807, 2.05) is 13.8 Å². The molecule has 0 unspecified atom stereocenters. The van der Waals surface area contributed by atoms with Gasteiger partial charge in [-0.2, -0.15) is 0 Å². The molecular weight excluding hydrogens is 287 g/mol. The fraction of sp³-hybridized carbons (Fsp3) is 0.250. The maximum atomic E-state index is 13.4. The van der Waals surface area contributed by atoms with E-state index >= 15 is 0 Å². The topological polar surface area (TPSA) is 38.1 Å². The first-order valence-electron chi connectivity index (χ1n) is 5.18. The lowest BCUT2D eigenvalue weighted by atomic mass is 10.3. The molecule has 1 aromatic carbocycles. The van der Waals surface area contributed by atoms with Crippen LogP contribution in [0.2, 0.25) is 0 Å². The molecule has 0 aliphatic carbocycles. The highest BCUT2D eigenvalue weighted by atomic mass is 79.9. The lowest BCUT2D eigenvalue weighted by Crippen LogP contribution is -2.01. The number of nitrogens with zero attached hydrogens (tertiary/aromatic N) is 1. The first-order chi connectivity index (χ1) is 8.06. The van der Waals surface area contributed by atoms with Crippen LogP contribution in [0.25, 0.3) is 0 Å². The minimum Gasteiger partial charge on any atom is -0.444 e. The van der Waals surface area contributed by atoms with Crippen LogP contribution in [-0.2, 0) is 6.54 Å². The van der Waals surface area contributed by atoms with Gasteiger partial charge in [-0.25, -0.2) is 9.37 Å². The number of benzene rings is 1. The van der Waals surface area contributed by atoms with Crippen molar-refractivity contribution in [2.75, 3.05) is 5.32 Å². The van der Waals surface area contributed by atoms with Gasteiger partial charge in [0.15, 0.2) is 0 Å². The van der Waals surface area contributed by atoms with Gasteiger partial charge in [-0.1, -0.05) is 15.9 Å². The number of oxazole rings is 1. The van der Waals surface area contributed by atoms with E-state index in [9.17, 15) is 4.39 Å². The predicted molar refractivity (Wildman–Crippen MR) is 67.4 cm³/mol. The molecule has 0 aliphatic heterocycles. The molecular formula is C12H12BrFN2O. The molecule has 1 heterocycles. The maximum Gasteiger partial charge on any atom is 0.213 e. The first kappa shape index (κ1) is 12.1. The minimum absolute atomic E-state index is 0.298. The quantitative estimate of drug-likeness (QED) is 0.936. The molecule has 90 valence electrons. The van der Waals surface area contributed by atoms with Gasteiger partial charge in [0.25, 0.3) is 0 Å². The summed E-state index contributed by atoms with van der Waals surface area (Å²) in [7, 11) is 0. The Kier molecular flexibility index (Phi) is 3.47. The smallest absolute Gasteiger partial charge is 0.213 e. The molecule has 2 rings (SSSR count). The van der Waals surface area contributed by atoms with Gasteiger partial charge in [0.2, 0.25) is 5.89 Å². The lowest BCUT2D eigenvalue weighted by Gasteiger charge is -2.05. The van der Waals surface area contributed by atoms with E-state index in [2.05, 4.69) is 26.2 Å². The highest BCUT2D eigenvalue weighted by Gasteiger charge is 2.07. The number of anilines is 1. The van der Waals surface area contributed by atoms with Gasteiger partial charge in [0.1, 0.15) is 11.6 Å². The molecule has 5 heteroatoms. The van der Waals surface area contributed by atoms with Crippen molar-refractivity contribution in [3.05, 3.63) is 45.8 Å². The van der Waals surface area contributed by atoms with Crippen LogP contribution < -0.4 is 5.32 Å². The molecule has 0 aliphatic rings. The third-order valence-electron chi connectivity index (χ3n) is 2.43. The van der Waals surface area contributed by atoms with Crippen LogP contribution in [0.3, 0.4) is 0 Å². The Hall–Kier alpha value is -1.36. The molecule has 1 N–H and O–H groups in total. The highest BCUT2D eigenvalue weighted by Crippen LogP contribution is 2.20. The predicted octanol–water partition coefficient (Wildman–Crippen LogP) is 3.81. The van der Waals surface area contributed by atoms with Crippen LogP contribution in [0.5, 0.6) is 0 Å². The molecule has 0 atom stereocenters. The van der Waals surface area contributed by atoms with Crippen molar-refractivity contribution in [1.29, 1.82) is 0 Å². The standard InChI is InChI=1S/C12H12BrFN2O/c1-7-8(2)17-12(16-7)6-15-11-5-9(13)3-4-10(11)14/h3-5,15H,6H2,1-2H3. The summed E-state index contributed by atoms with van der Waals surface area (Å²) in [6, 6.07) is 4.73. The average Bonchev–Trinajstić information content (AvgIpc) is 2.60. The van der Waals surface area contributed by atoms with Crippen LogP contribution in [0.4, 0.5) is 10.1 Å². The number of halogens is 2. The van der Waals surface area contributed by atoms with Crippen molar-refractivity contribution in [3.63, 3.8) is 0 Å². The van der Waals surface area contributed by atoms with Gasteiger partial charge in [-0.05, 0) is 32.0 Å². The normalized spacial score (nSPS) is 10.6. The fourth-order valence-electron chi connectivity index (χ4n) is 1.42. The largest absolute Gasteiger partial charge is 0.444 e. The van der Waals surface area contributed by atoms with Crippen molar-refractivity contribution in [2.45, 2.75) is 20.4 Å². The van der Waals surface area contributed by atoms with Gasteiger partial charge in [-0.15, -0.1) is 0 Å². The molecule has 3 nitrogen and oxygen atoms in total. The Morgan fingerprint density at radius 1 is 1.41 bits per heavy atom. The van der Waals surface area contributed by atoms with Crippen molar-refractivity contribution in [2.24, 2.45) is 0 Å². The molecule has 0 saturated heterocycles. The van der Waals surface area contributed by atoms with E-state index in [4.69, 9.17) is 4.42 Å². The second-order valence-corrected chi connectivity index (χ2v) is 4.64. The average molecular weight is 299 g/mol. The fourth-order valence-corrected chi connectivity index (χ4v) is 1.78. The van der Waals surface area contributed by atoms with Crippen LogP contribution in [-0.4, -0.2) is 4.98 Å². The Morgan fingerprint density at radius 2 is 2.18 bits per heavy atom. The molecule has 0 spiro atoms. The third kappa shape index (κ3) is 2.85. The van der Waals surface area contributed by atoms with E-state index in [0.717, 1.165) is 15.9 Å². The number of nitrogens with one attached hydrogen (secondary N) is 1. The van der Waals surface area contributed by atoms with E-state index in [-0.39, 0.29) is 5.82 Å². The third-order valence-corrected chi connectivity index (χ3v) is 2.92. The molecule has 1 aromatic heterocycles. The van der Waals surface area contributed by atoms with E-state index in [1.165, 1.54) is 6.07 Å². The molecule has 0 saturated carbocycles. The van der Waals surface area contributed by atoms with Gasteiger partial charge in [0, 0.05) is 4.47 Å². The molecule has 17 heavy (non-hydrogen) atoms. The second-order valence-electron chi connectivity index (χ2n) is 3.73. The summed E-state index contributed by atoms with van der Waals surface area (Å²) in [6.45, 7) is 4.09. The SMILES string of the molecule is Cc1nc(CNc2cc(Br)ccc2F)oc1C. The summed E-state index contributed by atoms with van der Waals surface area (Å²) in [5.41, 5.74) is 1.28. The van der Waals surface area contributed by atoms with Crippen molar-refractivity contribution >= 4 is 21.6 Å². The van der Waals surface area contributed by atoms with Crippen molar-refractivity contribution in [3.8, 4) is 0 Å². The summed E-state index contributed by atoms with van der Waals surface area (Å²) < 4.78 is 19.6. The zero-order valence-electron chi connectivity index (χ0n) is 9.55. The number of aromatic nitrogens is 1. The zero-order chi connectivity index (χ0) is 12.4. The number of aryl methyl sites for hydroxylation is 2. The lowest BCUT2D eigenvalue weighted by molar-refractivity contribution is 0.478. The molecule has 2 aromatic rings. The monoisotopic (exact) mass is 298 g/mol. The Balaban J connectivity index is 2.09. The second kappa shape index (κ2) is 4.87. The zero-order valence-corrected chi connectivity index (χ0v) is 11.1. The summed E-state index contributed by atoms with van der Waals surface area (Å²) >= 11 is 3.29. The molecule has 0 bridgehead atoms. The summed E-state index contributed by atoms with van der Waals surface area (Å²) in [5.74, 6) is 1.05. The van der Waals surface area contributed by atoms with Crippen molar-refractivity contribution < 1.29 is 8.81 Å². The Labute approximate surface area is 107 Å². The van der Waals surface area contributed by atoms with Crippen molar-refractivity contribution in [1.82, 2.24) is 4.98 Å². The Morgan fingerprint density at radius 3 is 2.82 bits per heavy atom. The van der Waals surface area contributed by atoms with Gasteiger partial charge in [0.05, 0.1) is 17.9 Å². The summed E-state index contributed by atoms with van der Waals surface area (Å²) in [6.07, 6.45) is 0.